The summed E-state index contributed by atoms with van der Waals surface area (Å²) in [6.45, 7) is 1.87. The van der Waals surface area contributed by atoms with Crippen molar-refractivity contribution in [3.8, 4) is 6.07 Å². The van der Waals surface area contributed by atoms with Crippen LogP contribution in [0.15, 0.2) is 18.2 Å². The highest BCUT2D eigenvalue weighted by molar-refractivity contribution is 5.87. The van der Waals surface area contributed by atoms with E-state index in [0.29, 0.717) is 0 Å². The molecule has 3 nitrogen and oxygen atoms in total. The summed E-state index contributed by atoms with van der Waals surface area (Å²) in [5.74, 6) is -2.52. The SMILES string of the molecule is CCOC(=O)C=Cc1cc(F)c(C#N)c(F)c1. The third-order valence-electron chi connectivity index (χ3n) is 1.87. The average molecular weight is 237 g/mol. The lowest BCUT2D eigenvalue weighted by atomic mass is 10.1. The van der Waals surface area contributed by atoms with E-state index in [0.717, 1.165) is 18.2 Å². The van der Waals surface area contributed by atoms with Gasteiger partial charge >= 0.3 is 5.97 Å². The van der Waals surface area contributed by atoms with Gasteiger partial charge in [-0.25, -0.2) is 13.6 Å². The van der Waals surface area contributed by atoms with Crippen molar-refractivity contribution in [2.75, 3.05) is 6.61 Å². The molecule has 17 heavy (non-hydrogen) atoms. The summed E-state index contributed by atoms with van der Waals surface area (Å²) in [7, 11) is 0. The van der Waals surface area contributed by atoms with Gasteiger partial charge < -0.3 is 4.74 Å². The summed E-state index contributed by atoms with van der Waals surface area (Å²) >= 11 is 0. The van der Waals surface area contributed by atoms with Gasteiger partial charge in [0.05, 0.1) is 6.61 Å². The van der Waals surface area contributed by atoms with Gasteiger partial charge in [-0.05, 0) is 30.7 Å². The van der Waals surface area contributed by atoms with Gasteiger partial charge in [0.25, 0.3) is 0 Å². The first-order valence-corrected chi connectivity index (χ1v) is 4.82. The first-order chi connectivity index (χ1) is 8.08. The van der Waals surface area contributed by atoms with E-state index in [1.54, 1.807) is 6.92 Å². The van der Waals surface area contributed by atoms with Crippen molar-refractivity contribution in [1.29, 1.82) is 5.26 Å². The van der Waals surface area contributed by atoms with Crippen LogP contribution in [0, 0.1) is 23.0 Å². The van der Waals surface area contributed by atoms with Crippen LogP contribution >= 0.6 is 0 Å². The fourth-order valence-electron chi connectivity index (χ4n) is 1.15. The van der Waals surface area contributed by atoms with E-state index >= 15 is 0 Å². The molecule has 1 aromatic carbocycles. The van der Waals surface area contributed by atoms with Crippen LogP contribution in [0.1, 0.15) is 18.1 Å². The van der Waals surface area contributed by atoms with Gasteiger partial charge in [0, 0.05) is 6.08 Å². The first-order valence-electron chi connectivity index (χ1n) is 4.82. The Labute approximate surface area is 96.9 Å². The van der Waals surface area contributed by atoms with E-state index in [9.17, 15) is 13.6 Å². The van der Waals surface area contributed by atoms with Gasteiger partial charge in [-0.1, -0.05) is 0 Å². The maximum absolute atomic E-state index is 13.2. The van der Waals surface area contributed by atoms with Crippen molar-refractivity contribution >= 4 is 12.0 Å². The number of halogens is 2. The van der Waals surface area contributed by atoms with Crippen molar-refractivity contribution in [1.82, 2.24) is 0 Å². The number of esters is 1. The van der Waals surface area contributed by atoms with E-state index in [4.69, 9.17) is 5.26 Å². The fourth-order valence-corrected chi connectivity index (χ4v) is 1.15. The molecule has 0 radical (unpaired) electrons. The fraction of sp³-hybridized carbons (Fsp3) is 0.167. The normalized spacial score (nSPS) is 10.2. The van der Waals surface area contributed by atoms with Crippen molar-refractivity contribution < 1.29 is 18.3 Å². The molecular formula is C12H9F2NO2. The number of nitriles is 1. The van der Waals surface area contributed by atoms with Crippen LogP contribution in [0.3, 0.4) is 0 Å². The lowest BCUT2D eigenvalue weighted by molar-refractivity contribution is -0.137. The molecule has 0 fully saturated rings. The molecule has 0 aliphatic heterocycles. The standard InChI is InChI=1S/C12H9F2NO2/c1-2-17-12(16)4-3-8-5-10(13)9(7-15)11(14)6-8/h3-6H,2H2,1H3. The topological polar surface area (TPSA) is 50.1 Å². The van der Waals surface area contributed by atoms with Crippen LogP contribution in [0.25, 0.3) is 6.08 Å². The summed E-state index contributed by atoms with van der Waals surface area (Å²) in [4.78, 5) is 11.0. The number of hydrogen-bond acceptors (Lipinski definition) is 3. The number of nitrogens with zero attached hydrogens (tertiary/aromatic N) is 1. The molecule has 88 valence electrons. The number of hydrogen-bond donors (Lipinski definition) is 0. The molecule has 0 spiro atoms. The Bertz CT molecular complexity index is 481. The summed E-state index contributed by atoms with van der Waals surface area (Å²) < 4.78 is 30.9. The van der Waals surface area contributed by atoms with Gasteiger partial charge in [0.2, 0.25) is 0 Å². The first kappa shape index (κ1) is 12.8. The zero-order chi connectivity index (χ0) is 12.8. The van der Waals surface area contributed by atoms with Crippen molar-refractivity contribution in [2.45, 2.75) is 6.92 Å². The van der Waals surface area contributed by atoms with E-state index < -0.39 is 23.2 Å². The van der Waals surface area contributed by atoms with Crippen LogP contribution in [-0.4, -0.2) is 12.6 Å². The van der Waals surface area contributed by atoms with E-state index in [-0.39, 0.29) is 12.2 Å². The molecule has 0 heterocycles. The highest BCUT2D eigenvalue weighted by atomic mass is 19.1. The van der Waals surface area contributed by atoms with Crippen LogP contribution in [0.4, 0.5) is 8.78 Å². The van der Waals surface area contributed by atoms with Gasteiger partial charge in [0.15, 0.2) is 0 Å². The van der Waals surface area contributed by atoms with Gasteiger partial charge in [-0.15, -0.1) is 0 Å². The third kappa shape index (κ3) is 3.38. The highest BCUT2D eigenvalue weighted by Crippen LogP contribution is 2.15. The molecule has 0 saturated heterocycles. The number of carbonyl (C=O) groups excluding carboxylic acids is 1. The number of benzene rings is 1. The molecule has 0 aromatic heterocycles. The lowest BCUT2D eigenvalue weighted by Crippen LogP contribution is -1.99. The molecule has 0 saturated carbocycles. The molecular weight excluding hydrogens is 228 g/mol. The molecule has 0 atom stereocenters. The summed E-state index contributed by atoms with van der Waals surface area (Å²) in [6, 6.07) is 3.35. The van der Waals surface area contributed by atoms with Crippen LogP contribution < -0.4 is 0 Å². The van der Waals surface area contributed by atoms with Crippen molar-refractivity contribution in [3.63, 3.8) is 0 Å². The Kier molecular flexibility index (Phi) is 4.35. The number of carbonyl (C=O) groups is 1. The van der Waals surface area contributed by atoms with E-state index in [2.05, 4.69) is 4.74 Å². The minimum Gasteiger partial charge on any atom is -0.463 e. The molecule has 1 aromatic rings. The monoisotopic (exact) mass is 237 g/mol. The molecule has 0 bridgehead atoms. The van der Waals surface area contributed by atoms with Crippen molar-refractivity contribution in [3.05, 3.63) is 41.0 Å². The van der Waals surface area contributed by atoms with E-state index in [1.165, 1.54) is 12.1 Å². The molecule has 1 rings (SSSR count). The molecule has 0 amide bonds. The zero-order valence-corrected chi connectivity index (χ0v) is 9.04. The Morgan fingerprint density at radius 2 is 2.06 bits per heavy atom. The molecule has 0 aliphatic rings. The maximum atomic E-state index is 13.2. The van der Waals surface area contributed by atoms with Crippen LogP contribution in [-0.2, 0) is 9.53 Å². The Morgan fingerprint density at radius 3 is 2.53 bits per heavy atom. The summed E-state index contributed by atoms with van der Waals surface area (Å²) in [5.41, 5.74) is -0.495. The molecule has 0 unspecified atom stereocenters. The Morgan fingerprint density at radius 1 is 1.47 bits per heavy atom. The smallest absolute Gasteiger partial charge is 0.330 e. The largest absolute Gasteiger partial charge is 0.463 e. The van der Waals surface area contributed by atoms with Gasteiger partial charge in [0.1, 0.15) is 23.3 Å². The Hall–Kier alpha value is -2.22. The van der Waals surface area contributed by atoms with Crippen molar-refractivity contribution in [2.24, 2.45) is 0 Å². The number of rotatable bonds is 3. The quantitative estimate of drug-likeness (QED) is 0.599. The summed E-state index contributed by atoms with van der Waals surface area (Å²) in [6.07, 6.45) is 2.27. The minimum atomic E-state index is -0.962. The number of ether oxygens (including phenoxy) is 1. The van der Waals surface area contributed by atoms with Crippen LogP contribution in [0.5, 0.6) is 0 Å². The second-order valence-electron chi connectivity index (χ2n) is 3.06. The summed E-state index contributed by atoms with van der Waals surface area (Å²) in [5, 5.41) is 8.46. The van der Waals surface area contributed by atoms with Gasteiger partial charge in [-0.3, -0.25) is 0 Å². The van der Waals surface area contributed by atoms with E-state index in [1.807, 2.05) is 0 Å². The molecule has 0 aliphatic carbocycles. The second-order valence-corrected chi connectivity index (χ2v) is 3.06. The zero-order valence-electron chi connectivity index (χ0n) is 9.04. The van der Waals surface area contributed by atoms with Gasteiger partial charge in [-0.2, -0.15) is 5.26 Å². The third-order valence-corrected chi connectivity index (χ3v) is 1.87. The maximum Gasteiger partial charge on any atom is 0.330 e. The molecule has 5 heteroatoms. The predicted octanol–water partition coefficient (Wildman–Crippen LogP) is 2.41. The minimum absolute atomic E-state index is 0.145. The second kappa shape index (κ2) is 5.75. The average Bonchev–Trinajstić information content (AvgIpc) is 2.26. The lowest BCUT2D eigenvalue weighted by Gasteiger charge is -1.99. The highest BCUT2D eigenvalue weighted by Gasteiger charge is 2.09. The Balaban J connectivity index is 2.95. The predicted molar refractivity (Wildman–Crippen MR) is 56.7 cm³/mol. The molecule has 0 N–H and O–H groups in total. The van der Waals surface area contributed by atoms with Crippen LogP contribution in [0.2, 0.25) is 0 Å².